The number of rotatable bonds is 5. The highest BCUT2D eigenvalue weighted by molar-refractivity contribution is 5.93. The van der Waals surface area contributed by atoms with Crippen molar-refractivity contribution < 1.29 is 27.9 Å². The number of benzene rings is 1. The van der Waals surface area contributed by atoms with Crippen molar-refractivity contribution in [3.05, 3.63) is 29.8 Å². The summed E-state index contributed by atoms with van der Waals surface area (Å²) in [5, 5.41) is 2.23. The van der Waals surface area contributed by atoms with Crippen LogP contribution in [0.5, 0.6) is 0 Å². The molecule has 6 nitrogen and oxygen atoms in total. The van der Waals surface area contributed by atoms with Gasteiger partial charge in [-0.05, 0) is 30.4 Å². The van der Waals surface area contributed by atoms with Gasteiger partial charge >= 0.3 is 5.97 Å². The number of halogens is 2. The predicted octanol–water partition coefficient (Wildman–Crippen LogP) is 3.12. The lowest BCUT2D eigenvalue weighted by Gasteiger charge is -2.39. The lowest BCUT2D eigenvalue weighted by molar-refractivity contribution is -0.151. The summed E-state index contributed by atoms with van der Waals surface area (Å²) in [6, 6.07) is 2.88. The Bertz CT molecular complexity index is 801. The van der Waals surface area contributed by atoms with Crippen molar-refractivity contribution in [1.82, 2.24) is 4.90 Å². The van der Waals surface area contributed by atoms with Crippen LogP contribution < -0.4 is 5.32 Å². The molecule has 0 unspecified atom stereocenters. The van der Waals surface area contributed by atoms with Gasteiger partial charge in [-0.15, -0.1) is 0 Å². The number of anilines is 1. The van der Waals surface area contributed by atoms with Crippen LogP contribution in [0.1, 0.15) is 39.5 Å². The van der Waals surface area contributed by atoms with Crippen molar-refractivity contribution in [1.29, 1.82) is 0 Å². The molecular weight excluding hydrogens is 382 g/mol. The molecule has 8 heteroatoms. The molecule has 1 saturated heterocycles. The van der Waals surface area contributed by atoms with Gasteiger partial charge in [0.1, 0.15) is 11.6 Å². The largest absolute Gasteiger partial charge is 0.455 e. The van der Waals surface area contributed by atoms with Crippen molar-refractivity contribution >= 4 is 23.5 Å². The Labute approximate surface area is 168 Å². The molecule has 1 aliphatic heterocycles. The normalized spacial score (nSPS) is 27.0. The van der Waals surface area contributed by atoms with E-state index < -0.39 is 36.0 Å². The Morgan fingerprint density at radius 3 is 2.72 bits per heavy atom. The molecule has 4 atom stereocenters. The van der Waals surface area contributed by atoms with Gasteiger partial charge in [0.15, 0.2) is 6.61 Å². The maximum Gasteiger partial charge on any atom is 0.311 e. The lowest BCUT2D eigenvalue weighted by atomic mass is 9.77. The Morgan fingerprint density at radius 1 is 1.24 bits per heavy atom. The summed E-state index contributed by atoms with van der Waals surface area (Å²) in [6.07, 6.45) is 3.22. The van der Waals surface area contributed by atoms with E-state index in [1.807, 2.05) is 0 Å². The number of nitrogens with zero attached hydrogens (tertiary/aromatic N) is 1. The molecule has 0 bridgehead atoms. The molecule has 1 aliphatic carbocycles. The second-order valence-electron chi connectivity index (χ2n) is 8.06. The van der Waals surface area contributed by atoms with Gasteiger partial charge in [-0.2, -0.15) is 0 Å². The van der Waals surface area contributed by atoms with Gasteiger partial charge in [0.25, 0.3) is 5.91 Å². The Morgan fingerprint density at radius 2 is 2.00 bits per heavy atom. The van der Waals surface area contributed by atoms with Crippen molar-refractivity contribution in [2.24, 2.45) is 17.8 Å². The third kappa shape index (κ3) is 4.92. The summed E-state index contributed by atoms with van der Waals surface area (Å²) in [6.45, 7) is 4.03. The molecule has 1 N–H and O–H groups in total. The van der Waals surface area contributed by atoms with Crippen LogP contribution in [0.3, 0.4) is 0 Å². The van der Waals surface area contributed by atoms with E-state index in [0.29, 0.717) is 24.4 Å². The molecule has 1 saturated carbocycles. The summed E-state index contributed by atoms with van der Waals surface area (Å²) in [5.41, 5.74) is -0.199. The molecule has 2 fully saturated rings. The zero-order valence-corrected chi connectivity index (χ0v) is 16.6. The van der Waals surface area contributed by atoms with E-state index in [0.717, 1.165) is 31.4 Å². The van der Waals surface area contributed by atoms with Gasteiger partial charge in [0, 0.05) is 25.1 Å². The Kier molecular flexibility index (Phi) is 6.49. The van der Waals surface area contributed by atoms with Crippen molar-refractivity contribution in [2.45, 2.75) is 45.6 Å². The second kappa shape index (κ2) is 8.88. The predicted molar refractivity (Wildman–Crippen MR) is 102 cm³/mol. The average Bonchev–Trinajstić information content (AvgIpc) is 3.06. The third-order valence-electron chi connectivity index (χ3n) is 6.11. The van der Waals surface area contributed by atoms with Gasteiger partial charge < -0.3 is 15.0 Å². The van der Waals surface area contributed by atoms with E-state index in [1.165, 1.54) is 0 Å². The van der Waals surface area contributed by atoms with Crippen molar-refractivity contribution in [3.8, 4) is 0 Å². The minimum absolute atomic E-state index is 0.0595. The Hall–Kier alpha value is -2.51. The molecule has 2 aliphatic rings. The first-order valence-corrected chi connectivity index (χ1v) is 9.97. The molecule has 29 heavy (non-hydrogen) atoms. The zero-order valence-electron chi connectivity index (χ0n) is 16.6. The second-order valence-corrected chi connectivity index (χ2v) is 8.06. The SMILES string of the molecule is C[C@@H]1[C@H](C)CCC[C@@H]1N1C[C@H](C(=O)OCC(=O)Nc2ccc(F)cc2F)CC1=O. The maximum atomic E-state index is 13.6. The number of esters is 1. The van der Waals surface area contributed by atoms with Crippen LogP contribution in [0.15, 0.2) is 18.2 Å². The van der Waals surface area contributed by atoms with Crippen LogP contribution >= 0.6 is 0 Å². The molecule has 158 valence electrons. The van der Waals surface area contributed by atoms with E-state index in [1.54, 1.807) is 4.90 Å². The third-order valence-corrected chi connectivity index (χ3v) is 6.11. The minimum Gasteiger partial charge on any atom is -0.455 e. The number of carbonyl (C=O) groups is 3. The number of ether oxygens (including phenoxy) is 1. The number of hydrogen-bond donors (Lipinski definition) is 1. The van der Waals surface area contributed by atoms with E-state index in [2.05, 4.69) is 19.2 Å². The van der Waals surface area contributed by atoms with Crippen LogP contribution in [-0.2, 0) is 19.1 Å². The summed E-state index contributed by atoms with van der Waals surface area (Å²) in [4.78, 5) is 38.5. The fourth-order valence-corrected chi connectivity index (χ4v) is 4.24. The molecule has 0 radical (unpaired) electrons. The van der Waals surface area contributed by atoms with E-state index >= 15 is 0 Å². The van der Waals surface area contributed by atoms with Gasteiger partial charge in [-0.25, -0.2) is 8.78 Å². The molecule has 0 spiro atoms. The minimum atomic E-state index is -0.919. The molecule has 2 amide bonds. The monoisotopic (exact) mass is 408 g/mol. The highest BCUT2D eigenvalue weighted by Crippen LogP contribution is 2.35. The summed E-state index contributed by atoms with van der Waals surface area (Å²) in [7, 11) is 0. The van der Waals surface area contributed by atoms with Crippen LogP contribution in [0.2, 0.25) is 0 Å². The van der Waals surface area contributed by atoms with E-state index in [9.17, 15) is 23.2 Å². The van der Waals surface area contributed by atoms with Gasteiger partial charge in [-0.1, -0.05) is 26.7 Å². The zero-order chi connectivity index (χ0) is 21.1. The first-order chi connectivity index (χ1) is 13.8. The van der Waals surface area contributed by atoms with Crippen LogP contribution in [0, 0.1) is 29.4 Å². The van der Waals surface area contributed by atoms with Crippen molar-refractivity contribution in [2.75, 3.05) is 18.5 Å². The molecule has 1 aromatic rings. The fourth-order valence-electron chi connectivity index (χ4n) is 4.24. The molecule has 1 aromatic carbocycles. The van der Waals surface area contributed by atoms with Crippen molar-refractivity contribution in [3.63, 3.8) is 0 Å². The first-order valence-electron chi connectivity index (χ1n) is 9.97. The number of nitrogens with one attached hydrogen (secondary N) is 1. The number of carbonyl (C=O) groups excluding carboxylic acids is 3. The average molecular weight is 408 g/mol. The number of hydrogen-bond acceptors (Lipinski definition) is 4. The Balaban J connectivity index is 1.51. The highest BCUT2D eigenvalue weighted by Gasteiger charge is 2.42. The van der Waals surface area contributed by atoms with Crippen LogP contribution in [0.4, 0.5) is 14.5 Å². The fraction of sp³-hybridized carbons (Fsp3) is 0.571. The number of amides is 2. The summed E-state index contributed by atoms with van der Waals surface area (Å²) in [5.74, 6) is -2.80. The van der Waals surface area contributed by atoms with Gasteiger partial charge in [0.2, 0.25) is 5.91 Å². The van der Waals surface area contributed by atoms with E-state index in [4.69, 9.17) is 4.74 Å². The maximum absolute atomic E-state index is 13.6. The van der Waals surface area contributed by atoms with Gasteiger partial charge in [0.05, 0.1) is 11.6 Å². The quantitative estimate of drug-likeness (QED) is 0.760. The molecule has 3 rings (SSSR count). The smallest absolute Gasteiger partial charge is 0.311 e. The molecule has 0 aromatic heterocycles. The summed E-state index contributed by atoms with van der Waals surface area (Å²) >= 11 is 0. The molecular formula is C21H26F2N2O4. The topological polar surface area (TPSA) is 75.7 Å². The number of likely N-dealkylation sites (tertiary alicyclic amines) is 1. The summed E-state index contributed by atoms with van der Waals surface area (Å²) < 4.78 is 31.5. The lowest BCUT2D eigenvalue weighted by Crippen LogP contribution is -2.45. The standard InChI is InChI=1S/C21H26F2N2O4/c1-12-4-3-5-18(13(12)2)25-10-14(8-20(25)27)21(28)29-11-19(26)24-17-7-6-15(22)9-16(17)23/h6-7,9,12-14,18H,3-5,8,10-11H2,1-2H3,(H,24,26)/t12-,13-,14-,18+/m1/s1. The first kappa shape index (κ1) is 21.2. The van der Waals surface area contributed by atoms with E-state index in [-0.39, 0.29) is 24.1 Å². The highest BCUT2D eigenvalue weighted by atomic mass is 19.1. The van der Waals surface area contributed by atoms with Crippen LogP contribution in [-0.4, -0.2) is 41.9 Å². The van der Waals surface area contributed by atoms with Gasteiger partial charge in [-0.3, -0.25) is 14.4 Å². The van der Waals surface area contributed by atoms with Crippen LogP contribution in [0.25, 0.3) is 0 Å². The molecule has 1 heterocycles.